The number of hydrogen-bond donors (Lipinski definition) is 1. The molecule has 0 fully saturated rings. The minimum absolute atomic E-state index is 0.334. The zero-order valence-corrected chi connectivity index (χ0v) is 16.9. The van der Waals surface area contributed by atoms with Crippen molar-refractivity contribution in [2.24, 2.45) is 0 Å². The van der Waals surface area contributed by atoms with Gasteiger partial charge in [-0.1, -0.05) is 66.7 Å². The molecule has 2 nitrogen and oxygen atoms in total. The van der Waals surface area contributed by atoms with E-state index in [0.717, 1.165) is 15.8 Å². The summed E-state index contributed by atoms with van der Waals surface area (Å²) in [6, 6.07) is 32.1. The van der Waals surface area contributed by atoms with Crippen molar-refractivity contribution in [1.29, 1.82) is 0 Å². The molecule has 0 saturated heterocycles. The van der Waals surface area contributed by atoms with Crippen LogP contribution in [0.1, 0.15) is 0 Å². The van der Waals surface area contributed by atoms with Gasteiger partial charge in [-0.15, -0.1) is 11.3 Å². The summed E-state index contributed by atoms with van der Waals surface area (Å²) in [4.78, 5) is 0. The lowest BCUT2D eigenvalue weighted by Gasteiger charge is -2.10. The third-order valence-corrected chi connectivity index (χ3v) is 6.91. The first kappa shape index (κ1) is 17.5. The predicted molar refractivity (Wildman–Crippen MR) is 130 cm³/mol. The number of hydrogen-bond acceptors (Lipinski definition) is 3. The number of benzene rings is 5. The Balaban J connectivity index is 1.63. The zero-order chi connectivity index (χ0) is 20.1. The van der Waals surface area contributed by atoms with Gasteiger partial charge in [0.05, 0.1) is 4.70 Å². The third kappa shape index (κ3) is 2.69. The molecule has 30 heavy (non-hydrogen) atoms. The standard InChI is InChI=1S/C26H17BO2S/c28-27-29-23-15-20-14-19(18-10-9-16-5-1-2-6-17(16)13-18)11-12-21(20)25-22-7-3-4-8-24(22)30-26(23)25/h1-15,27-28H. The van der Waals surface area contributed by atoms with Gasteiger partial charge in [0.25, 0.3) is 0 Å². The topological polar surface area (TPSA) is 29.5 Å². The van der Waals surface area contributed by atoms with E-state index in [1.165, 1.54) is 42.8 Å². The molecule has 0 radical (unpaired) electrons. The van der Waals surface area contributed by atoms with E-state index in [1.54, 1.807) is 11.3 Å². The summed E-state index contributed by atoms with van der Waals surface area (Å²) in [7, 11) is -0.334. The maximum Gasteiger partial charge on any atom is 0.504 e. The summed E-state index contributed by atoms with van der Waals surface area (Å²) in [5.41, 5.74) is 2.36. The van der Waals surface area contributed by atoms with Crippen LogP contribution in [-0.2, 0) is 0 Å². The Morgan fingerprint density at radius 1 is 0.667 bits per heavy atom. The lowest BCUT2D eigenvalue weighted by molar-refractivity contribution is 0.457. The second-order valence-electron chi connectivity index (χ2n) is 7.45. The molecule has 0 aliphatic rings. The Labute approximate surface area is 178 Å². The van der Waals surface area contributed by atoms with Crippen molar-refractivity contribution in [3.05, 3.63) is 91.0 Å². The molecule has 0 saturated carbocycles. The van der Waals surface area contributed by atoms with Gasteiger partial charge in [-0.3, -0.25) is 0 Å². The van der Waals surface area contributed by atoms with Crippen molar-refractivity contribution < 1.29 is 9.68 Å². The molecule has 0 unspecified atom stereocenters. The van der Waals surface area contributed by atoms with Crippen LogP contribution >= 0.6 is 11.3 Å². The molecule has 0 spiro atoms. The monoisotopic (exact) mass is 404 g/mol. The molecular formula is C26H17BO2S. The lowest BCUT2D eigenvalue weighted by Crippen LogP contribution is -1.99. The van der Waals surface area contributed by atoms with Crippen molar-refractivity contribution in [1.82, 2.24) is 0 Å². The van der Waals surface area contributed by atoms with Crippen molar-refractivity contribution >= 4 is 60.7 Å². The van der Waals surface area contributed by atoms with Crippen molar-refractivity contribution in [3.8, 4) is 16.9 Å². The minimum atomic E-state index is -0.334. The van der Waals surface area contributed by atoms with Gasteiger partial charge >= 0.3 is 7.69 Å². The fourth-order valence-corrected chi connectivity index (χ4v) is 5.52. The smallest absolute Gasteiger partial charge is 0.504 e. The summed E-state index contributed by atoms with van der Waals surface area (Å²) >= 11 is 1.71. The first-order chi connectivity index (χ1) is 14.8. The highest BCUT2D eigenvalue weighted by Crippen LogP contribution is 2.44. The average molecular weight is 404 g/mol. The van der Waals surface area contributed by atoms with Gasteiger partial charge in [0, 0.05) is 15.5 Å². The van der Waals surface area contributed by atoms with Gasteiger partial charge in [-0.2, -0.15) is 0 Å². The maximum atomic E-state index is 9.44. The molecule has 0 amide bonds. The summed E-state index contributed by atoms with van der Waals surface area (Å²) in [6.45, 7) is 0. The highest BCUT2D eigenvalue weighted by atomic mass is 32.1. The van der Waals surface area contributed by atoms with E-state index in [-0.39, 0.29) is 7.69 Å². The molecule has 0 bridgehead atoms. The van der Waals surface area contributed by atoms with E-state index in [0.29, 0.717) is 0 Å². The van der Waals surface area contributed by atoms with E-state index < -0.39 is 0 Å². The summed E-state index contributed by atoms with van der Waals surface area (Å²) in [5, 5.41) is 16.7. The van der Waals surface area contributed by atoms with Gasteiger partial charge in [0.15, 0.2) is 0 Å². The summed E-state index contributed by atoms with van der Waals surface area (Å²) in [6.07, 6.45) is 0. The first-order valence-electron chi connectivity index (χ1n) is 9.93. The lowest BCUT2D eigenvalue weighted by atomic mass is 9.96. The number of rotatable bonds is 3. The molecule has 6 rings (SSSR count). The Kier molecular flexibility index (Phi) is 4.01. The second-order valence-corrected chi connectivity index (χ2v) is 8.50. The van der Waals surface area contributed by atoms with Crippen molar-refractivity contribution in [2.45, 2.75) is 0 Å². The molecule has 1 heterocycles. The van der Waals surface area contributed by atoms with Crippen LogP contribution in [0.3, 0.4) is 0 Å². The van der Waals surface area contributed by atoms with E-state index in [4.69, 9.17) is 4.65 Å². The van der Waals surface area contributed by atoms with Crippen LogP contribution in [0.15, 0.2) is 91.0 Å². The highest BCUT2D eigenvalue weighted by Gasteiger charge is 2.14. The molecule has 0 aliphatic heterocycles. The Hall–Kier alpha value is -3.34. The first-order valence-corrected chi connectivity index (χ1v) is 10.7. The molecular weight excluding hydrogens is 387 g/mol. The largest absolute Gasteiger partial charge is 0.538 e. The quantitative estimate of drug-likeness (QED) is 0.334. The van der Waals surface area contributed by atoms with Gasteiger partial charge < -0.3 is 9.68 Å². The number of thiophene rings is 1. The van der Waals surface area contributed by atoms with Crippen LogP contribution in [0.25, 0.3) is 52.8 Å². The maximum absolute atomic E-state index is 9.44. The van der Waals surface area contributed by atoms with Crippen LogP contribution < -0.4 is 4.65 Å². The molecule has 4 heteroatoms. The van der Waals surface area contributed by atoms with Gasteiger partial charge in [0.1, 0.15) is 5.75 Å². The third-order valence-electron chi connectivity index (χ3n) is 5.73. The van der Waals surface area contributed by atoms with Crippen LogP contribution in [0.4, 0.5) is 0 Å². The van der Waals surface area contributed by atoms with Crippen molar-refractivity contribution in [2.75, 3.05) is 0 Å². The van der Waals surface area contributed by atoms with Crippen LogP contribution in [0, 0.1) is 0 Å². The fraction of sp³-hybridized carbons (Fsp3) is 0. The van der Waals surface area contributed by atoms with E-state index in [1.807, 2.05) is 6.07 Å². The molecule has 0 aliphatic carbocycles. The van der Waals surface area contributed by atoms with Gasteiger partial charge in [0.2, 0.25) is 0 Å². The summed E-state index contributed by atoms with van der Waals surface area (Å²) < 4.78 is 7.93. The van der Waals surface area contributed by atoms with E-state index >= 15 is 0 Å². The molecule has 1 N–H and O–H groups in total. The molecule has 6 aromatic rings. The van der Waals surface area contributed by atoms with Gasteiger partial charge in [-0.25, -0.2) is 0 Å². The highest BCUT2D eigenvalue weighted by molar-refractivity contribution is 7.26. The predicted octanol–water partition coefficient (Wildman–Crippen LogP) is 6.67. The van der Waals surface area contributed by atoms with Gasteiger partial charge in [-0.05, 0) is 56.9 Å². The molecule has 142 valence electrons. The SMILES string of the molecule is OBOc1cc2cc(-c3ccc4ccccc4c3)ccc2c2c1sc1ccccc12. The van der Waals surface area contributed by atoms with Crippen LogP contribution in [0.2, 0.25) is 0 Å². The summed E-state index contributed by atoms with van der Waals surface area (Å²) in [5.74, 6) is 0.733. The Morgan fingerprint density at radius 2 is 1.40 bits per heavy atom. The normalized spacial score (nSPS) is 11.5. The Bertz CT molecular complexity index is 1570. The molecule has 5 aromatic carbocycles. The van der Waals surface area contributed by atoms with E-state index in [9.17, 15) is 5.02 Å². The fourth-order valence-electron chi connectivity index (χ4n) is 4.33. The average Bonchev–Trinajstić information content (AvgIpc) is 3.19. The second kappa shape index (κ2) is 6.87. The molecule has 1 aromatic heterocycles. The Morgan fingerprint density at radius 3 is 2.27 bits per heavy atom. The van der Waals surface area contributed by atoms with Crippen LogP contribution in [-0.4, -0.2) is 12.7 Å². The molecule has 0 atom stereocenters. The number of fused-ring (bicyclic) bond motifs is 6. The van der Waals surface area contributed by atoms with Crippen molar-refractivity contribution in [3.63, 3.8) is 0 Å². The van der Waals surface area contributed by atoms with E-state index in [2.05, 4.69) is 84.9 Å². The zero-order valence-electron chi connectivity index (χ0n) is 16.1. The minimum Gasteiger partial charge on any atom is -0.538 e. The van der Waals surface area contributed by atoms with Crippen LogP contribution in [0.5, 0.6) is 5.75 Å².